The molecule has 0 radical (unpaired) electrons. The van der Waals surface area contributed by atoms with Crippen molar-refractivity contribution in [2.45, 2.75) is 122 Å². The van der Waals surface area contributed by atoms with Crippen molar-refractivity contribution in [2.75, 3.05) is 6.79 Å². The third-order valence-corrected chi connectivity index (χ3v) is 11.5. The highest BCUT2D eigenvalue weighted by Crippen LogP contribution is 2.60. The molecule has 0 N–H and O–H groups in total. The highest BCUT2D eigenvalue weighted by Gasteiger charge is 2.44. The predicted octanol–water partition coefficient (Wildman–Crippen LogP) is 10.6. The summed E-state index contributed by atoms with van der Waals surface area (Å²) in [5, 5.41) is 0. The molecule has 3 aliphatic rings. The smallest absolute Gasteiger partial charge is 0.230 e. The van der Waals surface area contributed by atoms with Gasteiger partial charge in [0.2, 0.25) is 6.79 Å². The van der Waals surface area contributed by atoms with Gasteiger partial charge in [-0.2, -0.15) is 0 Å². The van der Waals surface area contributed by atoms with Crippen molar-refractivity contribution in [3.05, 3.63) is 44.5 Å². The van der Waals surface area contributed by atoms with Crippen molar-refractivity contribution < 1.29 is 9.47 Å². The van der Waals surface area contributed by atoms with Gasteiger partial charge in [-0.3, -0.25) is 0 Å². The first-order valence-corrected chi connectivity index (χ1v) is 14.0. The third kappa shape index (κ3) is 3.79. The molecule has 0 amide bonds. The Bertz CT molecular complexity index is 1110. The van der Waals surface area contributed by atoms with Gasteiger partial charge in [0.25, 0.3) is 0 Å². The molecule has 2 nitrogen and oxygen atoms in total. The molecule has 37 heavy (non-hydrogen) atoms. The summed E-state index contributed by atoms with van der Waals surface area (Å²) in [5.41, 5.74) is 14.3. The summed E-state index contributed by atoms with van der Waals surface area (Å²) in [5.74, 6) is 6.70. The second-order valence-corrected chi connectivity index (χ2v) is 12.6. The fourth-order valence-electron chi connectivity index (χ4n) is 8.03. The Kier molecular flexibility index (Phi) is 7.98. The van der Waals surface area contributed by atoms with Crippen molar-refractivity contribution in [2.24, 2.45) is 23.7 Å². The molecule has 1 aliphatic heterocycles. The largest absolute Gasteiger partial charge is 0.457 e. The molecule has 0 bridgehead atoms. The number of fused-ring (bicyclic) bond motifs is 7. The lowest BCUT2D eigenvalue weighted by Gasteiger charge is -2.44. The quantitative estimate of drug-likeness (QED) is 0.354. The fourth-order valence-corrected chi connectivity index (χ4v) is 8.03. The lowest BCUT2D eigenvalue weighted by Crippen LogP contribution is -2.31. The summed E-state index contributed by atoms with van der Waals surface area (Å²) in [7, 11) is 0. The van der Waals surface area contributed by atoms with Crippen LogP contribution in [0.3, 0.4) is 0 Å². The van der Waals surface area contributed by atoms with Crippen molar-refractivity contribution in [1.29, 1.82) is 0 Å². The molecule has 2 aliphatic carbocycles. The summed E-state index contributed by atoms with van der Waals surface area (Å²) in [4.78, 5) is 0. The van der Waals surface area contributed by atoms with Gasteiger partial charge >= 0.3 is 0 Å². The molecule has 0 fully saturated rings. The van der Waals surface area contributed by atoms with E-state index in [-0.39, 0.29) is 21.6 Å². The topological polar surface area (TPSA) is 18.5 Å². The van der Waals surface area contributed by atoms with E-state index in [1.165, 1.54) is 44.5 Å². The van der Waals surface area contributed by atoms with Gasteiger partial charge in [0.15, 0.2) is 0 Å². The Balaban J connectivity index is 0.00000190. The average Bonchev–Trinajstić information content (AvgIpc) is 3.03. The van der Waals surface area contributed by atoms with Gasteiger partial charge in [-0.25, -0.2) is 0 Å². The molecule has 2 heteroatoms. The first-order chi connectivity index (χ1) is 16.4. The maximum absolute atomic E-state index is 6.53. The second kappa shape index (κ2) is 9.97. The number of hydrogen-bond donors (Lipinski definition) is 0. The monoisotopic (exact) mass is 506 g/mol. The SMILES string of the molecule is C.C.Cc1c(C)c2c(c3c1OCOc1c(C)c(C)c4c(c1-3)C(C)C(C)C(C)C4C)C(C)C(C)C(C)C2C. The predicted molar refractivity (Wildman–Crippen MR) is 161 cm³/mol. The molecule has 8 unspecified atom stereocenters. The van der Waals surface area contributed by atoms with Gasteiger partial charge in [0.05, 0.1) is 0 Å². The van der Waals surface area contributed by atoms with Crippen LogP contribution in [0.4, 0.5) is 0 Å². The van der Waals surface area contributed by atoms with Crippen molar-refractivity contribution in [3.8, 4) is 22.6 Å². The zero-order valence-electron chi connectivity index (χ0n) is 24.1. The van der Waals surface area contributed by atoms with Crippen LogP contribution in [-0.2, 0) is 0 Å². The van der Waals surface area contributed by atoms with Crippen molar-refractivity contribution in [1.82, 2.24) is 0 Å². The minimum absolute atomic E-state index is 0. The summed E-state index contributed by atoms with van der Waals surface area (Å²) in [6.07, 6.45) is 0. The van der Waals surface area contributed by atoms with Crippen LogP contribution in [0.5, 0.6) is 11.5 Å². The number of ether oxygens (including phenoxy) is 2. The fraction of sp³-hybridized carbons (Fsp3) is 0.657. The minimum Gasteiger partial charge on any atom is -0.457 e. The van der Waals surface area contributed by atoms with Gasteiger partial charge in [-0.05, 0) is 120 Å². The van der Waals surface area contributed by atoms with E-state index in [0.29, 0.717) is 47.3 Å². The highest BCUT2D eigenvalue weighted by atomic mass is 16.7. The van der Waals surface area contributed by atoms with Gasteiger partial charge < -0.3 is 9.47 Å². The van der Waals surface area contributed by atoms with Crippen molar-refractivity contribution >= 4 is 0 Å². The molecular weight excluding hydrogens is 452 g/mol. The van der Waals surface area contributed by atoms with Crippen molar-refractivity contribution in [3.63, 3.8) is 0 Å². The molecule has 2 aromatic rings. The number of rotatable bonds is 0. The normalized spacial score (nSPS) is 31.7. The lowest BCUT2D eigenvalue weighted by molar-refractivity contribution is 0.123. The summed E-state index contributed by atoms with van der Waals surface area (Å²) in [6, 6.07) is 0. The molecule has 0 saturated heterocycles. The van der Waals surface area contributed by atoms with Gasteiger partial charge in [-0.15, -0.1) is 0 Å². The highest BCUT2D eigenvalue weighted by molar-refractivity contribution is 5.88. The molecule has 206 valence electrons. The van der Waals surface area contributed by atoms with E-state index >= 15 is 0 Å². The molecular formula is C35H54O2. The van der Waals surface area contributed by atoms with Crippen LogP contribution < -0.4 is 9.47 Å². The molecule has 5 rings (SSSR count). The van der Waals surface area contributed by atoms with E-state index in [4.69, 9.17) is 9.47 Å². The first kappa shape index (κ1) is 29.6. The maximum Gasteiger partial charge on any atom is 0.230 e. The summed E-state index contributed by atoms with van der Waals surface area (Å²) in [6.45, 7) is 29.1. The Labute approximate surface area is 228 Å². The maximum atomic E-state index is 6.53. The van der Waals surface area contributed by atoms with E-state index in [1.807, 2.05) is 0 Å². The Morgan fingerprint density at radius 2 is 0.703 bits per heavy atom. The third-order valence-electron chi connectivity index (χ3n) is 11.5. The van der Waals surface area contributed by atoms with Crippen LogP contribution >= 0.6 is 0 Å². The van der Waals surface area contributed by atoms with Crippen LogP contribution in [0.1, 0.15) is 138 Å². The van der Waals surface area contributed by atoms with E-state index in [9.17, 15) is 0 Å². The standard InChI is InChI=1S/C33H46O2.2CH4/c1-14-16(3)20(7)28-26(18(14)5)22(9)24(11)32-30(28)31-29-21(8)17(4)15(2)19(6)27(29)23(10)25(12)33(31)35-13-34-32;;/h14-21H,13H2,1-12H3;2*1H4. The van der Waals surface area contributed by atoms with Crippen LogP contribution in [0, 0.1) is 51.4 Å². The lowest BCUT2D eigenvalue weighted by atomic mass is 9.60. The average molecular weight is 507 g/mol. The van der Waals surface area contributed by atoms with E-state index in [2.05, 4.69) is 83.1 Å². The Morgan fingerprint density at radius 3 is 1.00 bits per heavy atom. The van der Waals surface area contributed by atoms with E-state index in [0.717, 1.165) is 11.5 Å². The Hall–Kier alpha value is -1.96. The zero-order chi connectivity index (χ0) is 25.7. The van der Waals surface area contributed by atoms with Crippen LogP contribution in [-0.4, -0.2) is 6.79 Å². The summed E-state index contributed by atoms with van der Waals surface area (Å²) >= 11 is 0. The van der Waals surface area contributed by atoms with Gasteiger partial charge in [-0.1, -0.05) is 70.2 Å². The molecule has 0 aromatic heterocycles. The van der Waals surface area contributed by atoms with Crippen LogP contribution in [0.25, 0.3) is 11.1 Å². The van der Waals surface area contributed by atoms with Crippen LogP contribution in [0.15, 0.2) is 0 Å². The first-order valence-electron chi connectivity index (χ1n) is 14.0. The molecule has 0 spiro atoms. The second-order valence-electron chi connectivity index (χ2n) is 12.6. The van der Waals surface area contributed by atoms with Gasteiger partial charge in [0, 0.05) is 11.1 Å². The van der Waals surface area contributed by atoms with Crippen LogP contribution in [0.2, 0.25) is 0 Å². The van der Waals surface area contributed by atoms with E-state index < -0.39 is 0 Å². The van der Waals surface area contributed by atoms with E-state index in [1.54, 1.807) is 11.1 Å². The number of hydrogen-bond acceptors (Lipinski definition) is 2. The number of benzene rings is 2. The Morgan fingerprint density at radius 1 is 0.432 bits per heavy atom. The zero-order valence-corrected chi connectivity index (χ0v) is 24.1. The molecule has 0 saturated carbocycles. The minimum atomic E-state index is 0. The van der Waals surface area contributed by atoms with Gasteiger partial charge in [0.1, 0.15) is 11.5 Å². The summed E-state index contributed by atoms with van der Waals surface area (Å²) < 4.78 is 13.1. The molecule has 2 aromatic carbocycles. The molecule has 1 heterocycles. The molecule has 8 atom stereocenters.